The molecule has 1 heterocycles. The van der Waals surface area contributed by atoms with Gasteiger partial charge in [0.15, 0.2) is 6.10 Å². The number of hydrogen-bond donors (Lipinski definition) is 1. The highest BCUT2D eigenvalue weighted by atomic mass is 35.5. The number of carbonyl (C=O) groups is 2. The molecule has 2 aromatic rings. The lowest BCUT2D eigenvalue weighted by atomic mass is 10.2. The normalized spacial score (nSPS) is 13.8. The van der Waals surface area contributed by atoms with Crippen LogP contribution in [-0.4, -0.2) is 25.1 Å². The van der Waals surface area contributed by atoms with E-state index in [4.69, 9.17) is 21.1 Å². The van der Waals surface area contributed by atoms with Crippen LogP contribution in [0.5, 0.6) is 5.75 Å². The van der Waals surface area contributed by atoms with Gasteiger partial charge in [-0.25, -0.2) is 4.79 Å². The van der Waals surface area contributed by atoms with Gasteiger partial charge in [-0.1, -0.05) is 11.6 Å². The molecule has 0 saturated heterocycles. The van der Waals surface area contributed by atoms with Crippen molar-refractivity contribution in [1.82, 2.24) is 0 Å². The molecule has 26 heavy (non-hydrogen) atoms. The first-order chi connectivity index (χ1) is 12.4. The van der Waals surface area contributed by atoms with Crippen molar-refractivity contribution in [2.75, 3.05) is 12.4 Å². The van der Waals surface area contributed by atoms with Gasteiger partial charge in [-0.15, -0.1) is 11.3 Å². The SMILES string of the molecule is COc1cc(Cl)c(C)cc1NC(=O)[C@@H](C)OC(=O)c1cc2c(s1)CCC2. The number of nitrogens with one attached hydrogen (secondary N) is 1. The molecule has 5 nitrogen and oxygen atoms in total. The van der Waals surface area contributed by atoms with E-state index in [0.29, 0.717) is 21.3 Å². The molecule has 0 bridgehead atoms. The van der Waals surface area contributed by atoms with E-state index < -0.39 is 18.0 Å². The Hall–Kier alpha value is -2.05. The van der Waals surface area contributed by atoms with Crippen molar-refractivity contribution in [3.8, 4) is 5.75 Å². The van der Waals surface area contributed by atoms with Gasteiger partial charge >= 0.3 is 5.97 Å². The molecule has 1 amide bonds. The first-order valence-electron chi connectivity index (χ1n) is 8.36. The Morgan fingerprint density at radius 1 is 1.27 bits per heavy atom. The van der Waals surface area contributed by atoms with Crippen LogP contribution in [0.3, 0.4) is 0 Å². The van der Waals surface area contributed by atoms with Crippen LogP contribution in [-0.2, 0) is 22.4 Å². The fourth-order valence-electron chi connectivity index (χ4n) is 2.87. The molecule has 138 valence electrons. The molecule has 3 rings (SSSR count). The molecular formula is C19H20ClNO4S. The predicted molar refractivity (Wildman–Crippen MR) is 103 cm³/mol. The Bertz CT molecular complexity index is 840. The minimum Gasteiger partial charge on any atom is -0.495 e. The van der Waals surface area contributed by atoms with E-state index in [1.54, 1.807) is 19.1 Å². The number of methoxy groups -OCH3 is 1. The number of aryl methyl sites for hydroxylation is 3. The zero-order valence-corrected chi connectivity index (χ0v) is 16.4. The van der Waals surface area contributed by atoms with Gasteiger partial charge in [0.05, 0.1) is 12.8 Å². The van der Waals surface area contributed by atoms with Gasteiger partial charge in [0.2, 0.25) is 0 Å². The number of ether oxygens (including phenoxy) is 2. The minimum absolute atomic E-state index is 0.428. The number of fused-ring (bicyclic) bond motifs is 1. The molecule has 7 heteroatoms. The molecule has 1 N–H and O–H groups in total. The van der Waals surface area contributed by atoms with Crippen LogP contribution in [0, 0.1) is 6.92 Å². The first-order valence-corrected chi connectivity index (χ1v) is 9.56. The second-order valence-corrected chi connectivity index (χ2v) is 7.80. The minimum atomic E-state index is -0.930. The van der Waals surface area contributed by atoms with Gasteiger partial charge in [-0.2, -0.15) is 0 Å². The Balaban J connectivity index is 1.66. The number of hydrogen-bond acceptors (Lipinski definition) is 5. The Morgan fingerprint density at radius 2 is 2.04 bits per heavy atom. The van der Waals surface area contributed by atoms with Gasteiger partial charge in [-0.3, -0.25) is 4.79 Å². The van der Waals surface area contributed by atoms with E-state index in [0.717, 1.165) is 24.8 Å². The molecule has 0 fully saturated rings. The molecule has 0 spiro atoms. The number of halogens is 1. The topological polar surface area (TPSA) is 64.6 Å². The maximum absolute atomic E-state index is 12.4. The summed E-state index contributed by atoms with van der Waals surface area (Å²) in [7, 11) is 1.50. The molecular weight excluding hydrogens is 374 g/mol. The summed E-state index contributed by atoms with van der Waals surface area (Å²) in [5.74, 6) is -0.448. The van der Waals surface area contributed by atoms with Crippen LogP contribution in [0.1, 0.15) is 39.0 Å². The van der Waals surface area contributed by atoms with Crippen LogP contribution < -0.4 is 10.1 Å². The van der Waals surface area contributed by atoms with Gasteiger partial charge < -0.3 is 14.8 Å². The average Bonchev–Trinajstić information content (AvgIpc) is 3.19. The summed E-state index contributed by atoms with van der Waals surface area (Å²) in [5, 5.41) is 3.27. The molecule has 1 aliphatic carbocycles. The molecule has 0 unspecified atom stereocenters. The van der Waals surface area contributed by atoms with Gasteiger partial charge in [0, 0.05) is 16.0 Å². The standard InChI is InChI=1S/C19H20ClNO4S/c1-10-7-14(15(24-3)9-13(10)20)21-18(22)11(2)25-19(23)17-8-12-5-4-6-16(12)26-17/h7-9,11H,4-6H2,1-3H3,(H,21,22)/t11-/m1/s1. The maximum Gasteiger partial charge on any atom is 0.349 e. The highest BCUT2D eigenvalue weighted by Crippen LogP contribution is 2.32. The number of benzene rings is 1. The third kappa shape index (κ3) is 3.86. The zero-order valence-electron chi connectivity index (χ0n) is 14.8. The van der Waals surface area contributed by atoms with Crippen LogP contribution in [0.15, 0.2) is 18.2 Å². The van der Waals surface area contributed by atoms with Crippen LogP contribution >= 0.6 is 22.9 Å². The Kier molecular flexibility index (Phi) is 5.53. The van der Waals surface area contributed by atoms with Gasteiger partial charge in [-0.05, 0) is 56.4 Å². The second-order valence-electron chi connectivity index (χ2n) is 6.25. The van der Waals surface area contributed by atoms with E-state index in [1.807, 2.05) is 13.0 Å². The molecule has 0 radical (unpaired) electrons. The Labute approximate surface area is 161 Å². The molecule has 1 atom stereocenters. The van der Waals surface area contributed by atoms with Crippen molar-refractivity contribution in [2.45, 2.75) is 39.2 Å². The molecule has 0 aliphatic heterocycles. The number of amides is 1. The number of carbonyl (C=O) groups excluding carboxylic acids is 2. The third-order valence-electron chi connectivity index (χ3n) is 4.34. The highest BCUT2D eigenvalue weighted by Gasteiger charge is 2.24. The quantitative estimate of drug-likeness (QED) is 0.765. The van der Waals surface area contributed by atoms with Crippen molar-refractivity contribution < 1.29 is 19.1 Å². The summed E-state index contributed by atoms with van der Waals surface area (Å²) >= 11 is 7.53. The van der Waals surface area contributed by atoms with Crippen LogP contribution in [0.4, 0.5) is 5.69 Å². The van der Waals surface area contributed by atoms with Gasteiger partial charge in [0.25, 0.3) is 5.91 Å². The average molecular weight is 394 g/mol. The first kappa shape index (κ1) is 18.7. The van der Waals surface area contributed by atoms with Crippen molar-refractivity contribution in [1.29, 1.82) is 0 Å². The Morgan fingerprint density at radius 3 is 2.73 bits per heavy atom. The molecule has 1 aromatic heterocycles. The number of rotatable bonds is 5. The molecule has 1 aromatic carbocycles. The maximum atomic E-state index is 12.4. The molecule has 0 saturated carbocycles. The summed E-state index contributed by atoms with van der Waals surface area (Å²) < 4.78 is 10.6. The van der Waals surface area contributed by atoms with Crippen molar-refractivity contribution in [3.63, 3.8) is 0 Å². The zero-order chi connectivity index (χ0) is 18.8. The summed E-state index contributed by atoms with van der Waals surface area (Å²) in [6.07, 6.45) is 2.22. The predicted octanol–water partition coefficient (Wildman–Crippen LogP) is 4.39. The van der Waals surface area contributed by atoms with E-state index in [1.165, 1.54) is 28.9 Å². The lowest BCUT2D eigenvalue weighted by molar-refractivity contribution is -0.123. The smallest absolute Gasteiger partial charge is 0.349 e. The van der Waals surface area contributed by atoms with E-state index in [9.17, 15) is 9.59 Å². The van der Waals surface area contributed by atoms with Crippen LogP contribution in [0.25, 0.3) is 0 Å². The van der Waals surface area contributed by atoms with Crippen molar-refractivity contribution in [3.05, 3.63) is 44.1 Å². The summed E-state index contributed by atoms with van der Waals surface area (Å²) in [6, 6.07) is 5.24. The lowest BCUT2D eigenvalue weighted by Gasteiger charge is -2.16. The van der Waals surface area contributed by atoms with Crippen LogP contribution in [0.2, 0.25) is 5.02 Å². The third-order valence-corrected chi connectivity index (χ3v) is 5.96. The number of thiophene rings is 1. The van der Waals surface area contributed by atoms with E-state index in [-0.39, 0.29) is 0 Å². The fraction of sp³-hybridized carbons (Fsp3) is 0.368. The highest BCUT2D eigenvalue weighted by molar-refractivity contribution is 7.14. The number of anilines is 1. The molecule has 1 aliphatic rings. The summed E-state index contributed by atoms with van der Waals surface area (Å²) in [6.45, 7) is 3.38. The monoisotopic (exact) mass is 393 g/mol. The fourth-order valence-corrected chi connectivity index (χ4v) is 4.16. The summed E-state index contributed by atoms with van der Waals surface area (Å²) in [4.78, 5) is 26.5. The van der Waals surface area contributed by atoms with E-state index >= 15 is 0 Å². The van der Waals surface area contributed by atoms with E-state index in [2.05, 4.69) is 5.32 Å². The summed E-state index contributed by atoms with van der Waals surface area (Å²) in [5.41, 5.74) is 2.51. The van der Waals surface area contributed by atoms with Gasteiger partial charge in [0.1, 0.15) is 10.6 Å². The number of esters is 1. The van der Waals surface area contributed by atoms with Crippen molar-refractivity contribution >= 4 is 40.5 Å². The second kappa shape index (κ2) is 7.68. The lowest BCUT2D eigenvalue weighted by Crippen LogP contribution is -2.30. The largest absolute Gasteiger partial charge is 0.495 e. The van der Waals surface area contributed by atoms with Crippen molar-refractivity contribution in [2.24, 2.45) is 0 Å².